The van der Waals surface area contributed by atoms with E-state index in [1.807, 2.05) is 13.1 Å². The van der Waals surface area contributed by atoms with E-state index in [9.17, 15) is 0 Å². The number of nitrogens with zero attached hydrogens (tertiary/aromatic N) is 3. The van der Waals surface area contributed by atoms with Crippen molar-refractivity contribution in [1.29, 1.82) is 0 Å². The summed E-state index contributed by atoms with van der Waals surface area (Å²) in [4.78, 5) is 11.2. The van der Waals surface area contributed by atoms with Gasteiger partial charge in [0.25, 0.3) is 0 Å². The van der Waals surface area contributed by atoms with Crippen LogP contribution in [0.25, 0.3) is 0 Å². The van der Waals surface area contributed by atoms with E-state index < -0.39 is 0 Å². The topological polar surface area (TPSA) is 29.0 Å². The van der Waals surface area contributed by atoms with Gasteiger partial charge in [-0.05, 0) is 48.0 Å². The minimum Gasteiger partial charge on any atom is -0.352 e. The molecule has 80 valence electrons. The molecule has 2 heterocycles. The van der Waals surface area contributed by atoms with Gasteiger partial charge in [-0.2, -0.15) is 0 Å². The van der Waals surface area contributed by atoms with Crippen molar-refractivity contribution in [2.45, 2.75) is 32.2 Å². The Balaban J connectivity index is 1.96. The van der Waals surface area contributed by atoms with Gasteiger partial charge in [0, 0.05) is 18.8 Å². The van der Waals surface area contributed by atoms with Crippen LogP contribution >= 0.6 is 15.9 Å². The summed E-state index contributed by atoms with van der Waals surface area (Å²) in [5, 5.41) is 0. The molecular formula is C11H14BrN3. The predicted octanol–water partition coefficient (Wildman–Crippen LogP) is 2.54. The van der Waals surface area contributed by atoms with Crippen LogP contribution in [0.5, 0.6) is 0 Å². The Kier molecular flexibility index (Phi) is 2.20. The first kappa shape index (κ1) is 9.58. The molecular weight excluding hydrogens is 254 g/mol. The monoisotopic (exact) mass is 267 g/mol. The van der Waals surface area contributed by atoms with Crippen molar-refractivity contribution >= 4 is 21.7 Å². The summed E-state index contributed by atoms with van der Waals surface area (Å²) >= 11 is 3.55. The number of fused-ring (bicyclic) bond motifs is 2. The minimum absolute atomic E-state index is 0.723. The highest BCUT2D eigenvalue weighted by atomic mass is 79.9. The third-order valence-corrected chi connectivity index (χ3v) is 4.09. The van der Waals surface area contributed by atoms with E-state index in [1.165, 1.54) is 25.8 Å². The molecule has 1 aromatic rings. The fourth-order valence-corrected chi connectivity index (χ4v) is 3.25. The van der Waals surface area contributed by atoms with Gasteiger partial charge in [-0.1, -0.05) is 0 Å². The van der Waals surface area contributed by atoms with Crippen LogP contribution in [0.4, 0.5) is 5.82 Å². The Morgan fingerprint density at radius 1 is 1.47 bits per heavy atom. The first-order chi connectivity index (χ1) is 7.24. The molecule has 2 unspecified atom stereocenters. The van der Waals surface area contributed by atoms with E-state index >= 15 is 0 Å². The van der Waals surface area contributed by atoms with Crippen LogP contribution in [0.2, 0.25) is 0 Å². The first-order valence-corrected chi connectivity index (χ1v) is 6.29. The molecule has 0 radical (unpaired) electrons. The number of rotatable bonds is 1. The van der Waals surface area contributed by atoms with Gasteiger partial charge in [-0.3, -0.25) is 0 Å². The maximum Gasteiger partial charge on any atom is 0.146 e. The van der Waals surface area contributed by atoms with Crippen LogP contribution in [0, 0.1) is 12.8 Å². The lowest BCUT2D eigenvalue weighted by atomic mass is 10.1. The zero-order valence-electron chi connectivity index (χ0n) is 8.78. The lowest BCUT2D eigenvalue weighted by molar-refractivity contribution is 0.549. The van der Waals surface area contributed by atoms with E-state index in [-0.39, 0.29) is 0 Å². The molecule has 1 saturated carbocycles. The van der Waals surface area contributed by atoms with Crippen molar-refractivity contribution in [1.82, 2.24) is 9.97 Å². The second-order valence-corrected chi connectivity index (χ2v) is 5.43. The Hall–Kier alpha value is -0.640. The number of halogens is 1. The summed E-state index contributed by atoms with van der Waals surface area (Å²) in [6, 6.07) is 0.723. The highest BCUT2D eigenvalue weighted by molar-refractivity contribution is 9.10. The molecule has 1 saturated heterocycles. The van der Waals surface area contributed by atoms with E-state index in [1.54, 1.807) is 0 Å². The standard InChI is InChI=1S/C11H14BrN3/c1-7-13-5-10(12)11(14-7)15-6-8-2-3-9(15)4-8/h5,8-9H,2-4,6H2,1H3. The van der Waals surface area contributed by atoms with Gasteiger partial charge in [0.15, 0.2) is 0 Å². The Bertz CT molecular complexity index is 393. The van der Waals surface area contributed by atoms with E-state index in [0.29, 0.717) is 0 Å². The zero-order valence-corrected chi connectivity index (χ0v) is 10.4. The molecule has 1 aliphatic heterocycles. The van der Waals surface area contributed by atoms with Crippen LogP contribution in [-0.4, -0.2) is 22.6 Å². The van der Waals surface area contributed by atoms with Crippen molar-refractivity contribution < 1.29 is 0 Å². The normalized spacial score (nSPS) is 28.8. The number of aromatic nitrogens is 2. The van der Waals surface area contributed by atoms with Crippen molar-refractivity contribution in [2.75, 3.05) is 11.4 Å². The van der Waals surface area contributed by atoms with Crippen molar-refractivity contribution in [3.05, 3.63) is 16.5 Å². The molecule has 2 atom stereocenters. The minimum atomic E-state index is 0.723. The van der Waals surface area contributed by atoms with E-state index in [0.717, 1.165) is 28.1 Å². The quantitative estimate of drug-likeness (QED) is 0.783. The van der Waals surface area contributed by atoms with Gasteiger partial charge >= 0.3 is 0 Å². The van der Waals surface area contributed by atoms with Gasteiger partial charge < -0.3 is 4.90 Å². The molecule has 2 bridgehead atoms. The third kappa shape index (κ3) is 1.55. The van der Waals surface area contributed by atoms with Crippen LogP contribution in [0.15, 0.2) is 10.7 Å². The largest absolute Gasteiger partial charge is 0.352 e. The highest BCUT2D eigenvalue weighted by Crippen LogP contribution is 2.41. The van der Waals surface area contributed by atoms with Gasteiger partial charge in [-0.15, -0.1) is 0 Å². The summed E-state index contributed by atoms with van der Waals surface area (Å²) in [7, 11) is 0. The van der Waals surface area contributed by atoms with E-state index in [2.05, 4.69) is 30.8 Å². The maximum atomic E-state index is 4.54. The average Bonchev–Trinajstić information content (AvgIpc) is 2.83. The molecule has 0 aromatic carbocycles. The molecule has 1 aromatic heterocycles. The summed E-state index contributed by atoms with van der Waals surface area (Å²) in [5.41, 5.74) is 0. The fraction of sp³-hybridized carbons (Fsp3) is 0.636. The smallest absolute Gasteiger partial charge is 0.146 e. The summed E-state index contributed by atoms with van der Waals surface area (Å²) in [6.45, 7) is 3.13. The van der Waals surface area contributed by atoms with Gasteiger partial charge in [0.1, 0.15) is 11.6 Å². The molecule has 4 heteroatoms. The fourth-order valence-electron chi connectivity index (χ4n) is 2.83. The molecule has 3 nitrogen and oxygen atoms in total. The molecule has 0 spiro atoms. The van der Waals surface area contributed by atoms with Crippen molar-refractivity contribution in [2.24, 2.45) is 5.92 Å². The number of hydrogen-bond donors (Lipinski definition) is 0. The summed E-state index contributed by atoms with van der Waals surface area (Å²) in [6.07, 6.45) is 5.96. The predicted molar refractivity (Wildman–Crippen MR) is 62.9 cm³/mol. The van der Waals surface area contributed by atoms with E-state index in [4.69, 9.17) is 0 Å². The van der Waals surface area contributed by atoms with Gasteiger partial charge in [-0.25, -0.2) is 9.97 Å². The summed E-state index contributed by atoms with van der Waals surface area (Å²) in [5.74, 6) is 2.85. The SMILES string of the molecule is Cc1ncc(Br)c(N2CC3CCC2C3)n1. The Morgan fingerprint density at radius 3 is 3.00 bits per heavy atom. The first-order valence-electron chi connectivity index (χ1n) is 5.50. The van der Waals surface area contributed by atoms with Gasteiger partial charge in [0.2, 0.25) is 0 Å². The number of anilines is 1. The lowest BCUT2D eigenvalue weighted by Crippen LogP contribution is -2.33. The molecule has 1 aliphatic carbocycles. The second-order valence-electron chi connectivity index (χ2n) is 4.57. The number of piperidine rings is 1. The Labute approximate surface area is 98.0 Å². The molecule has 15 heavy (non-hydrogen) atoms. The second kappa shape index (κ2) is 3.44. The van der Waals surface area contributed by atoms with Crippen LogP contribution in [-0.2, 0) is 0 Å². The molecule has 0 N–H and O–H groups in total. The number of hydrogen-bond acceptors (Lipinski definition) is 3. The molecule has 0 amide bonds. The average molecular weight is 268 g/mol. The van der Waals surface area contributed by atoms with Crippen LogP contribution in [0.1, 0.15) is 25.1 Å². The van der Waals surface area contributed by atoms with Crippen LogP contribution < -0.4 is 4.90 Å². The van der Waals surface area contributed by atoms with Gasteiger partial charge in [0.05, 0.1) is 4.47 Å². The molecule has 3 rings (SSSR count). The van der Waals surface area contributed by atoms with Crippen molar-refractivity contribution in [3.8, 4) is 0 Å². The maximum absolute atomic E-state index is 4.54. The summed E-state index contributed by atoms with van der Waals surface area (Å²) < 4.78 is 1.03. The zero-order chi connectivity index (χ0) is 10.4. The number of aryl methyl sites for hydroxylation is 1. The molecule has 2 fully saturated rings. The van der Waals surface area contributed by atoms with Crippen LogP contribution in [0.3, 0.4) is 0 Å². The van der Waals surface area contributed by atoms with Crippen molar-refractivity contribution in [3.63, 3.8) is 0 Å². The third-order valence-electron chi connectivity index (χ3n) is 3.53. The highest BCUT2D eigenvalue weighted by Gasteiger charge is 2.39. The lowest BCUT2D eigenvalue weighted by Gasteiger charge is -2.28. The Morgan fingerprint density at radius 2 is 2.33 bits per heavy atom. The molecule has 2 aliphatic rings.